The maximum Gasteiger partial charge on any atom is 0.129 e. The second-order valence-corrected chi connectivity index (χ2v) is 6.72. The molecule has 0 spiro atoms. The van der Waals surface area contributed by atoms with Gasteiger partial charge in [0.1, 0.15) is 12.1 Å². The smallest absolute Gasteiger partial charge is 0.129 e. The van der Waals surface area contributed by atoms with E-state index in [4.69, 9.17) is 0 Å². The first-order valence-electron chi connectivity index (χ1n) is 7.49. The molecule has 1 aromatic heterocycles. The summed E-state index contributed by atoms with van der Waals surface area (Å²) in [7, 11) is 0. The van der Waals surface area contributed by atoms with E-state index in [-0.39, 0.29) is 0 Å². The van der Waals surface area contributed by atoms with Crippen molar-refractivity contribution in [3.63, 3.8) is 0 Å². The van der Waals surface area contributed by atoms with Crippen molar-refractivity contribution in [3.8, 4) is 0 Å². The quantitative estimate of drug-likeness (QED) is 0.873. The van der Waals surface area contributed by atoms with Crippen LogP contribution < -0.4 is 5.32 Å². The molecule has 20 heavy (non-hydrogen) atoms. The third-order valence-electron chi connectivity index (χ3n) is 3.83. The van der Waals surface area contributed by atoms with Crippen LogP contribution in [0.5, 0.6) is 0 Å². The van der Waals surface area contributed by atoms with Crippen molar-refractivity contribution in [2.45, 2.75) is 38.6 Å². The normalized spacial score (nSPS) is 17.6. The lowest BCUT2D eigenvalue weighted by Gasteiger charge is -2.32. The van der Waals surface area contributed by atoms with Gasteiger partial charge in [0.15, 0.2) is 0 Å². The Bertz CT molecular complexity index is 403. The lowest BCUT2D eigenvalue weighted by Crippen LogP contribution is -2.40. The van der Waals surface area contributed by atoms with Crippen molar-refractivity contribution < 1.29 is 0 Å². The summed E-state index contributed by atoms with van der Waals surface area (Å²) in [5, 5.41) is 3.57. The summed E-state index contributed by atoms with van der Waals surface area (Å²) in [5.74, 6) is 2.67. The van der Waals surface area contributed by atoms with Crippen LogP contribution in [0.15, 0.2) is 12.4 Å². The Morgan fingerprint density at radius 2 is 2.10 bits per heavy atom. The second-order valence-electron chi connectivity index (χ2n) is 5.74. The largest absolute Gasteiger partial charge is 0.367 e. The molecule has 4 nitrogen and oxygen atoms in total. The van der Waals surface area contributed by atoms with Gasteiger partial charge in [-0.1, -0.05) is 13.8 Å². The number of thioether (sulfide) groups is 1. The fourth-order valence-electron chi connectivity index (χ4n) is 2.50. The Kier molecular flexibility index (Phi) is 6.10. The molecule has 1 aliphatic heterocycles. The predicted molar refractivity (Wildman–Crippen MR) is 87.6 cm³/mol. The molecule has 0 amide bonds. The minimum Gasteiger partial charge on any atom is -0.367 e. The lowest BCUT2D eigenvalue weighted by atomic mass is 10.0. The number of hydrogen-bond acceptors (Lipinski definition) is 5. The Hall–Kier alpha value is -0.810. The molecule has 1 fully saturated rings. The van der Waals surface area contributed by atoms with Gasteiger partial charge in [-0.25, -0.2) is 9.97 Å². The fourth-order valence-corrected chi connectivity index (χ4v) is 2.94. The third kappa shape index (κ3) is 4.63. The SMILES string of the molecule is CSCCN1CCC(Nc2cc(C(C)C)ncn2)CC1. The summed E-state index contributed by atoms with van der Waals surface area (Å²) in [6.45, 7) is 7.94. The zero-order valence-electron chi connectivity index (χ0n) is 12.8. The highest BCUT2D eigenvalue weighted by Gasteiger charge is 2.19. The monoisotopic (exact) mass is 294 g/mol. The standard InChI is InChI=1S/C15H26N4S/c1-12(2)14-10-15(17-11-16-14)18-13-4-6-19(7-5-13)8-9-20-3/h10-13H,4-9H2,1-3H3,(H,16,17,18). The highest BCUT2D eigenvalue weighted by atomic mass is 32.2. The van der Waals surface area contributed by atoms with E-state index in [9.17, 15) is 0 Å². The van der Waals surface area contributed by atoms with Crippen molar-refractivity contribution in [2.24, 2.45) is 0 Å². The molecule has 1 N–H and O–H groups in total. The van der Waals surface area contributed by atoms with Crippen LogP contribution >= 0.6 is 11.8 Å². The number of likely N-dealkylation sites (tertiary alicyclic amines) is 1. The van der Waals surface area contributed by atoms with Gasteiger partial charge in [0.05, 0.1) is 0 Å². The maximum absolute atomic E-state index is 4.35. The van der Waals surface area contributed by atoms with Crippen molar-refractivity contribution in [2.75, 3.05) is 37.0 Å². The molecule has 1 aromatic rings. The number of aromatic nitrogens is 2. The number of anilines is 1. The van der Waals surface area contributed by atoms with Crippen molar-refractivity contribution in [1.29, 1.82) is 0 Å². The molecule has 0 aromatic carbocycles. The average Bonchev–Trinajstić information content (AvgIpc) is 2.47. The van der Waals surface area contributed by atoms with Crippen LogP contribution in [-0.2, 0) is 0 Å². The topological polar surface area (TPSA) is 41.0 Å². The molecule has 5 heteroatoms. The minimum atomic E-state index is 0.451. The zero-order chi connectivity index (χ0) is 14.4. The number of piperidine rings is 1. The third-order valence-corrected chi connectivity index (χ3v) is 4.42. The molecule has 1 saturated heterocycles. The summed E-state index contributed by atoms with van der Waals surface area (Å²) < 4.78 is 0. The Morgan fingerprint density at radius 1 is 1.35 bits per heavy atom. The summed E-state index contributed by atoms with van der Waals surface area (Å²) >= 11 is 1.93. The fraction of sp³-hybridized carbons (Fsp3) is 0.733. The zero-order valence-corrected chi connectivity index (χ0v) is 13.6. The number of rotatable bonds is 6. The van der Waals surface area contributed by atoms with Crippen LogP contribution in [0, 0.1) is 0 Å². The Labute approximate surface area is 126 Å². The molecule has 1 aliphatic rings. The number of hydrogen-bond donors (Lipinski definition) is 1. The molecule has 2 rings (SSSR count). The Morgan fingerprint density at radius 3 is 2.75 bits per heavy atom. The van der Waals surface area contributed by atoms with E-state index in [0.717, 1.165) is 11.5 Å². The predicted octanol–water partition coefficient (Wildman–Crippen LogP) is 2.84. The molecule has 0 saturated carbocycles. The van der Waals surface area contributed by atoms with E-state index >= 15 is 0 Å². The van der Waals surface area contributed by atoms with Gasteiger partial charge in [-0.05, 0) is 25.0 Å². The van der Waals surface area contributed by atoms with E-state index in [1.165, 1.54) is 38.2 Å². The van der Waals surface area contributed by atoms with Crippen LogP contribution in [0.2, 0.25) is 0 Å². The second kappa shape index (κ2) is 7.84. The van der Waals surface area contributed by atoms with E-state index in [2.05, 4.69) is 46.4 Å². The average molecular weight is 294 g/mol. The molecule has 112 valence electrons. The van der Waals surface area contributed by atoms with Crippen LogP contribution in [0.25, 0.3) is 0 Å². The van der Waals surface area contributed by atoms with Crippen molar-refractivity contribution in [1.82, 2.24) is 14.9 Å². The highest BCUT2D eigenvalue weighted by molar-refractivity contribution is 7.98. The van der Waals surface area contributed by atoms with Gasteiger partial charge in [0.25, 0.3) is 0 Å². The van der Waals surface area contributed by atoms with Gasteiger partial charge in [0.2, 0.25) is 0 Å². The van der Waals surface area contributed by atoms with Gasteiger partial charge < -0.3 is 10.2 Å². The molecule has 0 bridgehead atoms. The van der Waals surface area contributed by atoms with Gasteiger partial charge in [-0.15, -0.1) is 0 Å². The molecule has 0 aliphatic carbocycles. The molecular weight excluding hydrogens is 268 g/mol. The highest BCUT2D eigenvalue weighted by Crippen LogP contribution is 2.18. The molecule has 0 radical (unpaired) electrons. The van der Waals surface area contributed by atoms with E-state index in [1.807, 2.05) is 11.8 Å². The summed E-state index contributed by atoms with van der Waals surface area (Å²) in [5.41, 5.74) is 1.11. The summed E-state index contributed by atoms with van der Waals surface area (Å²) in [4.78, 5) is 11.2. The molecule has 2 heterocycles. The van der Waals surface area contributed by atoms with Crippen LogP contribution in [0.3, 0.4) is 0 Å². The summed E-state index contributed by atoms with van der Waals surface area (Å²) in [6.07, 6.45) is 6.26. The van der Waals surface area contributed by atoms with Crippen molar-refractivity contribution in [3.05, 3.63) is 18.1 Å². The van der Waals surface area contributed by atoms with Gasteiger partial charge >= 0.3 is 0 Å². The Balaban J connectivity index is 1.82. The first kappa shape index (κ1) is 15.6. The van der Waals surface area contributed by atoms with E-state index < -0.39 is 0 Å². The van der Waals surface area contributed by atoms with Crippen LogP contribution in [0.4, 0.5) is 5.82 Å². The first-order chi connectivity index (χ1) is 9.69. The van der Waals surface area contributed by atoms with Gasteiger partial charge in [0, 0.05) is 43.2 Å². The first-order valence-corrected chi connectivity index (χ1v) is 8.88. The van der Waals surface area contributed by atoms with E-state index in [0.29, 0.717) is 12.0 Å². The summed E-state index contributed by atoms with van der Waals surface area (Å²) in [6, 6.07) is 2.64. The van der Waals surface area contributed by atoms with Gasteiger partial charge in [-0.2, -0.15) is 11.8 Å². The van der Waals surface area contributed by atoms with Crippen LogP contribution in [0.1, 0.15) is 38.3 Å². The van der Waals surface area contributed by atoms with Gasteiger partial charge in [-0.3, -0.25) is 0 Å². The number of nitrogens with zero attached hydrogens (tertiary/aromatic N) is 3. The lowest BCUT2D eigenvalue weighted by molar-refractivity contribution is 0.231. The number of nitrogens with one attached hydrogen (secondary N) is 1. The maximum atomic E-state index is 4.35. The molecule has 0 unspecified atom stereocenters. The van der Waals surface area contributed by atoms with Crippen molar-refractivity contribution >= 4 is 17.6 Å². The van der Waals surface area contributed by atoms with Crippen LogP contribution in [-0.4, -0.2) is 52.6 Å². The minimum absolute atomic E-state index is 0.451. The van der Waals surface area contributed by atoms with E-state index in [1.54, 1.807) is 6.33 Å². The molecular formula is C15H26N4S. The molecule has 0 atom stereocenters.